The van der Waals surface area contributed by atoms with Gasteiger partial charge in [0.2, 0.25) is 5.91 Å². The Morgan fingerprint density at radius 2 is 1.71 bits per heavy atom. The zero-order chi connectivity index (χ0) is 12.1. The van der Waals surface area contributed by atoms with Crippen LogP contribution in [-0.2, 0) is 4.79 Å². The van der Waals surface area contributed by atoms with Gasteiger partial charge >= 0.3 is 0 Å². The summed E-state index contributed by atoms with van der Waals surface area (Å²) in [6.07, 6.45) is 8.99. The Kier molecular flexibility index (Phi) is 4.84. The van der Waals surface area contributed by atoms with Crippen LogP contribution in [0.3, 0.4) is 0 Å². The largest absolute Gasteiger partial charge is 0.353 e. The van der Waals surface area contributed by atoms with Crippen molar-refractivity contribution in [2.45, 2.75) is 57.9 Å². The molecule has 1 aliphatic carbocycles. The third kappa shape index (κ3) is 3.70. The molecule has 98 valence electrons. The predicted octanol–water partition coefficient (Wildman–Crippen LogP) is 2.07. The molecular formula is C14H26N2O. The van der Waals surface area contributed by atoms with E-state index in [1.54, 1.807) is 0 Å². The summed E-state index contributed by atoms with van der Waals surface area (Å²) in [6.45, 7) is 4.10. The predicted molar refractivity (Wildman–Crippen MR) is 69.8 cm³/mol. The summed E-state index contributed by atoms with van der Waals surface area (Å²) in [6, 6.07) is 0.443. The minimum Gasteiger partial charge on any atom is -0.353 e. The highest BCUT2D eigenvalue weighted by atomic mass is 16.1. The molecule has 1 heterocycles. The lowest BCUT2D eigenvalue weighted by molar-refractivity contribution is -0.127. The maximum atomic E-state index is 12.1. The summed E-state index contributed by atoms with van der Waals surface area (Å²) >= 11 is 0. The van der Waals surface area contributed by atoms with Crippen LogP contribution in [0.25, 0.3) is 0 Å². The van der Waals surface area contributed by atoms with E-state index in [1.165, 1.54) is 44.9 Å². The Labute approximate surface area is 105 Å². The average molecular weight is 238 g/mol. The SMILES string of the molecule is CC(C(=O)NC1CCCCCCC1)C1CNC1. The first kappa shape index (κ1) is 12.9. The van der Waals surface area contributed by atoms with Crippen LogP contribution in [0.4, 0.5) is 0 Å². The summed E-state index contributed by atoms with van der Waals surface area (Å²) in [7, 11) is 0. The van der Waals surface area contributed by atoms with E-state index in [1.807, 2.05) is 0 Å². The van der Waals surface area contributed by atoms with Gasteiger partial charge in [-0.2, -0.15) is 0 Å². The smallest absolute Gasteiger partial charge is 0.223 e. The molecule has 17 heavy (non-hydrogen) atoms. The van der Waals surface area contributed by atoms with Crippen LogP contribution >= 0.6 is 0 Å². The van der Waals surface area contributed by atoms with Gasteiger partial charge in [0, 0.05) is 12.0 Å². The van der Waals surface area contributed by atoms with E-state index in [2.05, 4.69) is 17.6 Å². The van der Waals surface area contributed by atoms with Crippen LogP contribution in [0, 0.1) is 11.8 Å². The molecule has 2 rings (SSSR count). The molecule has 2 aliphatic rings. The van der Waals surface area contributed by atoms with Crippen LogP contribution in [0.5, 0.6) is 0 Å². The molecule has 0 aromatic rings. The highest BCUT2D eigenvalue weighted by molar-refractivity contribution is 5.79. The number of hydrogen-bond acceptors (Lipinski definition) is 2. The van der Waals surface area contributed by atoms with Gasteiger partial charge in [-0.1, -0.05) is 39.0 Å². The lowest BCUT2D eigenvalue weighted by Gasteiger charge is -2.33. The van der Waals surface area contributed by atoms with Crippen LogP contribution in [0.2, 0.25) is 0 Å². The second kappa shape index (κ2) is 6.39. The second-order valence-electron chi connectivity index (χ2n) is 5.76. The Morgan fingerprint density at radius 3 is 2.24 bits per heavy atom. The number of hydrogen-bond donors (Lipinski definition) is 2. The topological polar surface area (TPSA) is 41.1 Å². The minimum absolute atomic E-state index is 0.182. The van der Waals surface area contributed by atoms with Crippen molar-refractivity contribution in [3.05, 3.63) is 0 Å². The van der Waals surface area contributed by atoms with Gasteiger partial charge in [0.05, 0.1) is 0 Å². The van der Waals surface area contributed by atoms with Crippen LogP contribution in [0.15, 0.2) is 0 Å². The average Bonchev–Trinajstić information content (AvgIpc) is 2.19. The molecule has 1 saturated heterocycles. The van der Waals surface area contributed by atoms with Gasteiger partial charge in [0.1, 0.15) is 0 Å². The van der Waals surface area contributed by atoms with Crippen molar-refractivity contribution in [1.82, 2.24) is 10.6 Å². The maximum absolute atomic E-state index is 12.1. The fourth-order valence-electron chi connectivity index (χ4n) is 2.81. The first-order valence-electron chi connectivity index (χ1n) is 7.28. The fourth-order valence-corrected chi connectivity index (χ4v) is 2.81. The van der Waals surface area contributed by atoms with Crippen molar-refractivity contribution in [1.29, 1.82) is 0 Å². The van der Waals surface area contributed by atoms with E-state index >= 15 is 0 Å². The molecule has 3 heteroatoms. The van der Waals surface area contributed by atoms with E-state index in [4.69, 9.17) is 0 Å². The van der Waals surface area contributed by atoms with E-state index in [9.17, 15) is 4.79 Å². The highest BCUT2D eigenvalue weighted by Crippen LogP contribution is 2.19. The third-order valence-electron chi connectivity index (χ3n) is 4.39. The van der Waals surface area contributed by atoms with Gasteiger partial charge in [-0.3, -0.25) is 4.79 Å². The molecule has 0 aromatic carbocycles. The Bertz CT molecular complexity index is 243. The molecule has 1 atom stereocenters. The van der Waals surface area contributed by atoms with E-state index in [0.717, 1.165) is 13.1 Å². The first-order valence-corrected chi connectivity index (χ1v) is 7.28. The standard InChI is InChI=1S/C14H26N2O/c1-11(12-9-15-10-12)14(17)16-13-7-5-3-2-4-6-8-13/h11-13,15H,2-10H2,1H3,(H,16,17). The number of rotatable bonds is 3. The number of nitrogens with one attached hydrogen (secondary N) is 2. The molecular weight excluding hydrogens is 212 g/mol. The number of amides is 1. The molecule has 2 fully saturated rings. The van der Waals surface area contributed by atoms with Crippen molar-refractivity contribution in [2.24, 2.45) is 11.8 Å². The molecule has 0 aromatic heterocycles. The number of carbonyl (C=O) groups excluding carboxylic acids is 1. The molecule has 0 bridgehead atoms. The first-order chi connectivity index (χ1) is 8.27. The van der Waals surface area contributed by atoms with Crippen molar-refractivity contribution < 1.29 is 4.79 Å². The van der Waals surface area contributed by atoms with E-state index in [-0.39, 0.29) is 11.8 Å². The molecule has 0 spiro atoms. The summed E-state index contributed by atoms with van der Waals surface area (Å²) in [5, 5.41) is 6.51. The Morgan fingerprint density at radius 1 is 1.12 bits per heavy atom. The Hall–Kier alpha value is -0.570. The third-order valence-corrected chi connectivity index (χ3v) is 4.39. The fraction of sp³-hybridized carbons (Fsp3) is 0.929. The van der Waals surface area contributed by atoms with Crippen molar-refractivity contribution >= 4 is 5.91 Å². The molecule has 1 saturated carbocycles. The van der Waals surface area contributed by atoms with Gasteiger partial charge in [-0.15, -0.1) is 0 Å². The molecule has 2 N–H and O–H groups in total. The number of carbonyl (C=O) groups is 1. The van der Waals surface area contributed by atoms with Crippen molar-refractivity contribution in [3.8, 4) is 0 Å². The lowest BCUT2D eigenvalue weighted by Crippen LogP contribution is -2.51. The summed E-state index contributed by atoms with van der Waals surface area (Å²) < 4.78 is 0. The molecule has 1 amide bonds. The normalized spacial score (nSPS) is 25.5. The van der Waals surface area contributed by atoms with Crippen molar-refractivity contribution in [3.63, 3.8) is 0 Å². The van der Waals surface area contributed by atoms with E-state index in [0.29, 0.717) is 12.0 Å². The van der Waals surface area contributed by atoms with Crippen molar-refractivity contribution in [2.75, 3.05) is 13.1 Å². The molecule has 1 unspecified atom stereocenters. The quantitative estimate of drug-likeness (QED) is 0.790. The van der Waals surface area contributed by atoms with Gasteiger partial charge < -0.3 is 10.6 Å². The van der Waals surface area contributed by atoms with Crippen LogP contribution in [0.1, 0.15) is 51.9 Å². The second-order valence-corrected chi connectivity index (χ2v) is 5.76. The molecule has 0 radical (unpaired) electrons. The highest BCUT2D eigenvalue weighted by Gasteiger charge is 2.29. The monoisotopic (exact) mass is 238 g/mol. The summed E-state index contributed by atoms with van der Waals surface area (Å²) in [5.74, 6) is 1.02. The molecule has 1 aliphatic heterocycles. The summed E-state index contributed by atoms with van der Waals surface area (Å²) in [5.41, 5.74) is 0. The maximum Gasteiger partial charge on any atom is 0.223 e. The summed E-state index contributed by atoms with van der Waals surface area (Å²) in [4.78, 5) is 12.1. The van der Waals surface area contributed by atoms with Gasteiger partial charge in [0.15, 0.2) is 0 Å². The minimum atomic E-state index is 0.182. The van der Waals surface area contributed by atoms with E-state index < -0.39 is 0 Å². The zero-order valence-electron chi connectivity index (χ0n) is 11.0. The van der Waals surface area contributed by atoms with Crippen LogP contribution in [-0.4, -0.2) is 25.0 Å². The zero-order valence-corrected chi connectivity index (χ0v) is 11.0. The Balaban J connectivity index is 1.75. The lowest BCUT2D eigenvalue weighted by atomic mass is 9.87. The van der Waals surface area contributed by atoms with Gasteiger partial charge in [0.25, 0.3) is 0 Å². The molecule has 3 nitrogen and oxygen atoms in total. The van der Waals surface area contributed by atoms with Crippen LogP contribution < -0.4 is 10.6 Å². The van der Waals surface area contributed by atoms with Gasteiger partial charge in [-0.05, 0) is 31.8 Å². The van der Waals surface area contributed by atoms with Gasteiger partial charge in [-0.25, -0.2) is 0 Å².